The van der Waals surface area contributed by atoms with E-state index in [1.165, 1.54) is 0 Å². The largest absolute Gasteiger partial charge is 0.418 e. The minimum absolute atomic E-state index is 0.168. The molecule has 5 nitrogen and oxygen atoms in total. The Kier molecular flexibility index (Phi) is 5.57. The predicted octanol–water partition coefficient (Wildman–Crippen LogP) is 3.32. The monoisotopic (exact) mass is 397 g/mol. The number of halogens is 4. The van der Waals surface area contributed by atoms with Gasteiger partial charge in [-0.05, 0) is 42.3 Å². The molecule has 1 unspecified atom stereocenters. The number of alkyl halides is 3. The Balaban J connectivity index is 1.65. The Hall–Kier alpha value is -2.65. The summed E-state index contributed by atoms with van der Waals surface area (Å²) in [6.07, 6.45) is -4.24. The van der Waals surface area contributed by atoms with Gasteiger partial charge in [0.05, 0.1) is 17.9 Å². The van der Waals surface area contributed by atoms with Crippen molar-refractivity contribution in [3.63, 3.8) is 0 Å². The Morgan fingerprint density at radius 3 is 2.50 bits per heavy atom. The first-order chi connectivity index (χ1) is 13.2. The molecule has 1 fully saturated rings. The molecule has 2 aromatic rings. The number of hydrogen-bond acceptors (Lipinski definition) is 4. The average Bonchev–Trinajstić information content (AvgIpc) is 3.09. The summed E-state index contributed by atoms with van der Waals surface area (Å²) in [6.45, 7) is 0.830. The first-order valence-electron chi connectivity index (χ1n) is 8.55. The van der Waals surface area contributed by atoms with Gasteiger partial charge in [-0.3, -0.25) is 4.79 Å². The molecule has 0 spiro atoms. The number of hydrogen-bond donors (Lipinski definition) is 3. The zero-order valence-corrected chi connectivity index (χ0v) is 14.8. The van der Waals surface area contributed by atoms with Crippen LogP contribution >= 0.6 is 0 Å². The molecule has 4 N–H and O–H groups in total. The van der Waals surface area contributed by atoms with E-state index < -0.39 is 23.1 Å². The molecular weight excluding hydrogens is 378 g/mol. The van der Waals surface area contributed by atoms with Crippen LogP contribution in [0.5, 0.6) is 0 Å². The van der Waals surface area contributed by atoms with Crippen molar-refractivity contribution in [2.24, 2.45) is 5.73 Å². The fourth-order valence-corrected chi connectivity index (χ4v) is 2.84. The third-order valence-electron chi connectivity index (χ3n) is 4.48. The van der Waals surface area contributed by atoms with Crippen molar-refractivity contribution in [2.75, 3.05) is 18.5 Å². The molecule has 1 amide bonds. The number of nitrogens with two attached hydrogens (primary N) is 1. The van der Waals surface area contributed by atoms with E-state index in [4.69, 9.17) is 10.5 Å². The summed E-state index contributed by atoms with van der Waals surface area (Å²) in [5.74, 6) is -1.28. The number of amides is 1. The minimum Gasteiger partial charge on any atom is -0.379 e. The quantitative estimate of drug-likeness (QED) is 0.677. The van der Waals surface area contributed by atoms with E-state index in [9.17, 15) is 22.4 Å². The van der Waals surface area contributed by atoms with Crippen LogP contribution in [-0.2, 0) is 22.3 Å². The van der Waals surface area contributed by atoms with Gasteiger partial charge in [0, 0.05) is 18.8 Å². The van der Waals surface area contributed by atoms with Crippen LogP contribution < -0.4 is 16.4 Å². The summed E-state index contributed by atoms with van der Waals surface area (Å²) in [5.41, 5.74) is 4.75. The van der Waals surface area contributed by atoms with Crippen LogP contribution in [0.4, 0.5) is 28.9 Å². The summed E-state index contributed by atoms with van der Waals surface area (Å²) in [4.78, 5) is 12.1. The second-order valence-electron chi connectivity index (χ2n) is 6.65. The van der Waals surface area contributed by atoms with Crippen molar-refractivity contribution in [3.05, 3.63) is 59.4 Å². The van der Waals surface area contributed by atoms with Gasteiger partial charge in [0.2, 0.25) is 5.91 Å². The fourth-order valence-electron chi connectivity index (χ4n) is 2.84. The lowest BCUT2D eigenvalue weighted by Crippen LogP contribution is -2.54. The second kappa shape index (κ2) is 7.76. The Morgan fingerprint density at radius 1 is 1.18 bits per heavy atom. The first-order valence-corrected chi connectivity index (χ1v) is 8.55. The highest BCUT2D eigenvalue weighted by Crippen LogP contribution is 2.36. The van der Waals surface area contributed by atoms with E-state index in [-0.39, 0.29) is 24.7 Å². The number of benzene rings is 2. The van der Waals surface area contributed by atoms with E-state index >= 15 is 0 Å². The van der Waals surface area contributed by atoms with E-state index in [1.807, 2.05) is 0 Å². The fraction of sp³-hybridized carbons (Fsp3) is 0.316. The second-order valence-corrected chi connectivity index (χ2v) is 6.65. The molecule has 1 aliphatic rings. The van der Waals surface area contributed by atoms with Crippen LogP contribution in [0.25, 0.3) is 0 Å². The molecule has 1 aliphatic heterocycles. The van der Waals surface area contributed by atoms with Crippen molar-refractivity contribution in [2.45, 2.75) is 24.7 Å². The number of carbonyl (C=O) groups excluding carboxylic acids is 1. The molecule has 0 bridgehead atoms. The molecule has 1 heterocycles. The highest BCUT2D eigenvalue weighted by molar-refractivity contribution is 5.86. The summed E-state index contributed by atoms with van der Waals surface area (Å²) < 4.78 is 57.5. The lowest BCUT2D eigenvalue weighted by atomic mass is 9.99. The number of carbonyl (C=O) groups is 1. The maximum absolute atomic E-state index is 13.2. The SMILES string of the molecule is NC1(C(=O)NCc2ccc(Nc3ccc(F)cc3C(F)(F)F)cc2)CCOC1. The predicted molar refractivity (Wildman–Crippen MR) is 95.3 cm³/mol. The highest BCUT2D eigenvalue weighted by Gasteiger charge is 2.38. The van der Waals surface area contributed by atoms with Gasteiger partial charge in [0.1, 0.15) is 11.4 Å². The third-order valence-corrected chi connectivity index (χ3v) is 4.48. The average molecular weight is 397 g/mol. The molecule has 0 aromatic heterocycles. The summed E-state index contributed by atoms with van der Waals surface area (Å²) in [6, 6.07) is 8.90. The van der Waals surface area contributed by atoms with Crippen LogP contribution in [0.1, 0.15) is 17.5 Å². The maximum Gasteiger partial charge on any atom is 0.418 e. The van der Waals surface area contributed by atoms with Gasteiger partial charge < -0.3 is 21.1 Å². The van der Waals surface area contributed by atoms with Crippen LogP contribution in [0.3, 0.4) is 0 Å². The molecule has 28 heavy (non-hydrogen) atoms. The Labute approximate surface area is 158 Å². The van der Waals surface area contributed by atoms with Crippen LogP contribution in [0.15, 0.2) is 42.5 Å². The lowest BCUT2D eigenvalue weighted by Gasteiger charge is -2.20. The number of nitrogens with one attached hydrogen (secondary N) is 2. The molecule has 0 radical (unpaired) electrons. The molecule has 2 aromatic carbocycles. The van der Waals surface area contributed by atoms with Crippen molar-refractivity contribution >= 4 is 17.3 Å². The smallest absolute Gasteiger partial charge is 0.379 e. The van der Waals surface area contributed by atoms with Crippen molar-refractivity contribution in [1.29, 1.82) is 0 Å². The number of rotatable bonds is 5. The van der Waals surface area contributed by atoms with E-state index in [1.54, 1.807) is 24.3 Å². The normalized spacial score (nSPS) is 19.5. The van der Waals surface area contributed by atoms with Gasteiger partial charge in [-0.25, -0.2) is 4.39 Å². The topological polar surface area (TPSA) is 76.4 Å². The van der Waals surface area contributed by atoms with E-state index in [0.29, 0.717) is 24.8 Å². The number of anilines is 2. The molecule has 0 aliphatic carbocycles. The van der Waals surface area contributed by atoms with Gasteiger partial charge in [0.25, 0.3) is 0 Å². The summed E-state index contributed by atoms with van der Waals surface area (Å²) >= 11 is 0. The van der Waals surface area contributed by atoms with E-state index in [2.05, 4.69) is 10.6 Å². The third kappa shape index (κ3) is 4.60. The Morgan fingerprint density at radius 2 is 1.89 bits per heavy atom. The molecule has 9 heteroatoms. The van der Waals surface area contributed by atoms with Crippen LogP contribution in [0, 0.1) is 5.82 Å². The zero-order chi connectivity index (χ0) is 20.4. The van der Waals surface area contributed by atoms with Gasteiger partial charge >= 0.3 is 6.18 Å². The standard InChI is InChI=1S/C19H19F4N3O2/c20-13-3-6-16(15(9-13)19(21,22)23)26-14-4-1-12(2-5-14)10-25-17(27)18(24)7-8-28-11-18/h1-6,9,26H,7-8,10-11,24H2,(H,25,27). The lowest BCUT2D eigenvalue weighted by molar-refractivity contribution is -0.137. The van der Waals surface area contributed by atoms with Gasteiger partial charge in [0.15, 0.2) is 0 Å². The highest BCUT2D eigenvalue weighted by atomic mass is 19.4. The molecule has 150 valence electrons. The van der Waals surface area contributed by atoms with Crippen molar-refractivity contribution in [1.82, 2.24) is 5.32 Å². The van der Waals surface area contributed by atoms with Gasteiger partial charge in [-0.1, -0.05) is 12.1 Å². The molecule has 1 atom stereocenters. The number of ether oxygens (including phenoxy) is 1. The molecular formula is C19H19F4N3O2. The van der Waals surface area contributed by atoms with Gasteiger partial charge in [-0.2, -0.15) is 13.2 Å². The Bertz CT molecular complexity index is 847. The van der Waals surface area contributed by atoms with Crippen LogP contribution in [-0.4, -0.2) is 24.7 Å². The van der Waals surface area contributed by atoms with Gasteiger partial charge in [-0.15, -0.1) is 0 Å². The summed E-state index contributed by atoms with van der Waals surface area (Å²) in [7, 11) is 0. The van der Waals surface area contributed by atoms with Crippen LogP contribution in [0.2, 0.25) is 0 Å². The maximum atomic E-state index is 13.2. The van der Waals surface area contributed by atoms with Crippen molar-refractivity contribution < 1.29 is 27.1 Å². The first kappa shape index (κ1) is 20.1. The van der Waals surface area contributed by atoms with E-state index in [0.717, 1.165) is 17.7 Å². The molecule has 0 saturated carbocycles. The molecule has 3 rings (SSSR count). The summed E-state index contributed by atoms with van der Waals surface area (Å²) in [5, 5.41) is 5.37. The minimum atomic E-state index is -4.68. The molecule has 1 saturated heterocycles. The zero-order valence-electron chi connectivity index (χ0n) is 14.8. The van der Waals surface area contributed by atoms with Crippen molar-refractivity contribution in [3.8, 4) is 0 Å².